The van der Waals surface area contributed by atoms with Gasteiger partial charge in [0.15, 0.2) is 5.11 Å². The van der Waals surface area contributed by atoms with E-state index in [4.69, 9.17) is 12.2 Å². The van der Waals surface area contributed by atoms with E-state index in [1.807, 2.05) is 54.7 Å². The van der Waals surface area contributed by atoms with Crippen LogP contribution in [-0.4, -0.2) is 19.6 Å². The maximum absolute atomic E-state index is 13.5. The Hall–Kier alpha value is -3.51. The number of hydrogen-bond donors (Lipinski definition) is 1. The Labute approximate surface area is 198 Å². The van der Waals surface area contributed by atoms with E-state index in [1.54, 1.807) is 0 Å². The van der Waals surface area contributed by atoms with Gasteiger partial charge in [-0.3, -0.25) is 4.98 Å². The molecule has 0 bridgehead atoms. The van der Waals surface area contributed by atoms with Crippen molar-refractivity contribution < 1.29 is 4.39 Å². The largest absolute Gasteiger partial charge is 0.352 e. The standard InChI is InChI=1S/C27H25FN4S/c1-18-16-23(19(2)32(18)22-13-11-21(28)12-14-22)26-25(24-10-6-7-15-29-24)30-27(33)31(26)17-20-8-4-3-5-9-20/h3-16,25-26H,17H2,1-2H3,(H,30,33). The van der Waals surface area contributed by atoms with Crippen molar-refractivity contribution in [3.63, 3.8) is 0 Å². The molecule has 0 radical (unpaired) electrons. The van der Waals surface area contributed by atoms with E-state index in [1.165, 1.54) is 23.3 Å². The van der Waals surface area contributed by atoms with Crippen LogP contribution < -0.4 is 5.32 Å². The molecule has 1 fully saturated rings. The summed E-state index contributed by atoms with van der Waals surface area (Å²) in [6.45, 7) is 4.89. The van der Waals surface area contributed by atoms with Crippen LogP contribution >= 0.6 is 12.2 Å². The third-order valence-electron chi connectivity index (χ3n) is 6.27. The topological polar surface area (TPSA) is 33.1 Å². The Morgan fingerprint density at radius 2 is 1.70 bits per heavy atom. The maximum atomic E-state index is 13.5. The lowest BCUT2D eigenvalue weighted by Gasteiger charge is -2.28. The predicted molar refractivity (Wildman–Crippen MR) is 133 cm³/mol. The second kappa shape index (κ2) is 8.79. The lowest BCUT2D eigenvalue weighted by Crippen LogP contribution is -2.29. The van der Waals surface area contributed by atoms with Gasteiger partial charge in [-0.05, 0) is 79.7 Å². The van der Waals surface area contributed by atoms with Crippen molar-refractivity contribution >= 4 is 17.3 Å². The molecule has 2 aromatic carbocycles. The fraction of sp³-hybridized carbons (Fsp3) is 0.185. The normalized spacial score (nSPS) is 17.9. The molecular formula is C27H25FN4S. The number of rotatable bonds is 5. The monoisotopic (exact) mass is 456 g/mol. The average Bonchev–Trinajstić information content (AvgIpc) is 3.31. The molecule has 1 saturated heterocycles. The lowest BCUT2D eigenvalue weighted by molar-refractivity contribution is 0.310. The molecule has 33 heavy (non-hydrogen) atoms. The highest BCUT2D eigenvalue weighted by molar-refractivity contribution is 7.80. The maximum Gasteiger partial charge on any atom is 0.170 e. The Balaban J connectivity index is 1.61. The fourth-order valence-electron chi connectivity index (χ4n) is 4.77. The first kappa shape index (κ1) is 21.3. The third-order valence-corrected chi connectivity index (χ3v) is 6.62. The minimum atomic E-state index is -0.240. The molecule has 2 unspecified atom stereocenters. The van der Waals surface area contributed by atoms with Gasteiger partial charge in [0.2, 0.25) is 0 Å². The van der Waals surface area contributed by atoms with Crippen LogP contribution in [0.25, 0.3) is 5.69 Å². The van der Waals surface area contributed by atoms with Gasteiger partial charge in [0.25, 0.3) is 0 Å². The van der Waals surface area contributed by atoms with Crippen molar-refractivity contribution in [3.05, 3.63) is 119 Å². The minimum absolute atomic E-state index is 0.0343. The number of aryl methyl sites for hydroxylation is 1. The Morgan fingerprint density at radius 3 is 2.39 bits per heavy atom. The van der Waals surface area contributed by atoms with E-state index >= 15 is 0 Å². The summed E-state index contributed by atoms with van der Waals surface area (Å²) in [4.78, 5) is 6.89. The molecular weight excluding hydrogens is 431 g/mol. The number of pyridine rings is 1. The van der Waals surface area contributed by atoms with Crippen LogP contribution in [0.15, 0.2) is 85.1 Å². The fourth-order valence-corrected chi connectivity index (χ4v) is 5.07. The summed E-state index contributed by atoms with van der Waals surface area (Å²) in [6.07, 6.45) is 1.82. The van der Waals surface area contributed by atoms with Crippen LogP contribution in [0, 0.1) is 19.7 Å². The zero-order valence-electron chi connectivity index (χ0n) is 18.6. The molecule has 2 atom stereocenters. The first-order valence-corrected chi connectivity index (χ1v) is 11.4. The number of thiocarbonyl (C=S) groups is 1. The predicted octanol–water partition coefficient (Wildman–Crippen LogP) is 5.80. The molecule has 4 nitrogen and oxygen atoms in total. The Bertz CT molecular complexity index is 1270. The molecule has 0 amide bonds. The van der Waals surface area contributed by atoms with Crippen LogP contribution in [0.1, 0.15) is 40.3 Å². The van der Waals surface area contributed by atoms with Crippen LogP contribution in [-0.2, 0) is 6.54 Å². The SMILES string of the molecule is Cc1cc(C2C(c3ccccn3)NC(=S)N2Cc2ccccc2)c(C)n1-c1ccc(F)cc1. The summed E-state index contributed by atoms with van der Waals surface area (Å²) < 4.78 is 15.7. The van der Waals surface area contributed by atoms with Gasteiger partial charge in [0.05, 0.1) is 17.8 Å². The van der Waals surface area contributed by atoms with Gasteiger partial charge in [-0.2, -0.15) is 0 Å². The van der Waals surface area contributed by atoms with E-state index < -0.39 is 0 Å². The molecule has 0 spiro atoms. The van der Waals surface area contributed by atoms with E-state index in [0.717, 1.165) is 22.8 Å². The van der Waals surface area contributed by atoms with Crippen molar-refractivity contribution in [1.29, 1.82) is 0 Å². The summed E-state index contributed by atoms with van der Waals surface area (Å²) in [6, 6.07) is 25.1. The van der Waals surface area contributed by atoms with E-state index in [9.17, 15) is 4.39 Å². The summed E-state index contributed by atoms with van der Waals surface area (Å²) >= 11 is 5.82. The first-order valence-electron chi connectivity index (χ1n) is 11.0. The van der Waals surface area contributed by atoms with Gasteiger partial charge in [-0.25, -0.2) is 4.39 Å². The highest BCUT2D eigenvalue weighted by Crippen LogP contribution is 2.42. The Morgan fingerprint density at radius 1 is 0.970 bits per heavy atom. The summed E-state index contributed by atoms with van der Waals surface area (Å²) in [7, 11) is 0. The van der Waals surface area contributed by atoms with Gasteiger partial charge < -0.3 is 14.8 Å². The number of nitrogens with one attached hydrogen (secondary N) is 1. The van der Waals surface area contributed by atoms with Crippen LogP contribution in [0.2, 0.25) is 0 Å². The van der Waals surface area contributed by atoms with Crippen molar-refractivity contribution in [3.8, 4) is 5.69 Å². The number of halogens is 1. The van der Waals surface area contributed by atoms with Crippen LogP contribution in [0.3, 0.4) is 0 Å². The van der Waals surface area contributed by atoms with Crippen molar-refractivity contribution in [2.75, 3.05) is 0 Å². The molecule has 0 saturated carbocycles. The molecule has 2 aromatic heterocycles. The van der Waals surface area contributed by atoms with Crippen molar-refractivity contribution in [2.45, 2.75) is 32.5 Å². The quantitative estimate of drug-likeness (QED) is 0.385. The molecule has 1 aliphatic rings. The summed E-state index contributed by atoms with van der Waals surface area (Å²) in [5, 5.41) is 4.24. The summed E-state index contributed by atoms with van der Waals surface area (Å²) in [5.41, 5.74) is 6.46. The molecule has 1 N–H and O–H groups in total. The second-order valence-corrected chi connectivity index (χ2v) is 8.77. The lowest BCUT2D eigenvalue weighted by atomic mass is 9.96. The molecule has 5 rings (SSSR count). The number of nitrogens with zero attached hydrogens (tertiary/aromatic N) is 3. The number of benzene rings is 2. The zero-order valence-corrected chi connectivity index (χ0v) is 19.4. The average molecular weight is 457 g/mol. The van der Waals surface area contributed by atoms with E-state index in [-0.39, 0.29) is 17.9 Å². The molecule has 3 heterocycles. The molecule has 1 aliphatic heterocycles. The van der Waals surface area contributed by atoms with Gasteiger partial charge >= 0.3 is 0 Å². The van der Waals surface area contributed by atoms with Gasteiger partial charge in [-0.15, -0.1) is 0 Å². The molecule has 0 aliphatic carbocycles. The van der Waals surface area contributed by atoms with Gasteiger partial charge in [0.1, 0.15) is 5.82 Å². The zero-order chi connectivity index (χ0) is 22.9. The van der Waals surface area contributed by atoms with Crippen molar-refractivity contribution in [1.82, 2.24) is 19.8 Å². The Kier molecular flexibility index (Phi) is 5.68. The number of hydrogen-bond acceptors (Lipinski definition) is 2. The second-order valence-electron chi connectivity index (χ2n) is 8.38. The smallest absolute Gasteiger partial charge is 0.170 e. The minimum Gasteiger partial charge on any atom is -0.352 e. The highest BCUT2D eigenvalue weighted by atomic mass is 32.1. The van der Waals surface area contributed by atoms with Crippen LogP contribution in [0.4, 0.5) is 4.39 Å². The van der Waals surface area contributed by atoms with Crippen molar-refractivity contribution in [2.24, 2.45) is 0 Å². The summed E-state index contributed by atoms with van der Waals surface area (Å²) in [5.74, 6) is -0.240. The molecule has 4 aromatic rings. The number of aromatic nitrogens is 2. The van der Waals surface area contributed by atoms with Crippen LogP contribution in [0.5, 0.6) is 0 Å². The van der Waals surface area contributed by atoms with E-state index in [0.29, 0.717) is 11.7 Å². The molecule has 166 valence electrons. The van der Waals surface area contributed by atoms with Gasteiger partial charge in [-0.1, -0.05) is 36.4 Å². The van der Waals surface area contributed by atoms with E-state index in [2.05, 4.69) is 51.8 Å². The first-order chi connectivity index (χ1) is 16.0. The highest BCUT2D eigenvalue weighted by Gasteiger charge is 2.41. The van der Waals surface area contributed by atoms with Gasteiger partial charge in [0, 0.05) is 29.8 Å². The molecule has 6 heteroatoms. The third kappa shape index (κ3) is 4.02.